The van der Waals surface area contributed by atoms with Gasteiger partial charge in [-0.2, -0.15) is 0 Å². The Morgan fingerprint density at radius 2 is 2.24 bits per heavy atom. The van der Waals surface area contributed by atoms with E-state index < -0.39 is 12.2 Å². The summed E-state index contributed by atoms with van der Waals surface area (Å²) in [6, 6.07) is 8.63. The van der Waals surface area contributed by atoms with Crippen LogP contribution in [0.4, 0.5) is 4.79 Å². The molecule has 21 heavy (non-hydrogen) atoms. The quantitative estimate of drug-likeness (QED) is 0.842. The largest absolute Gasteiger partial charge is 0.473 e. The molecule has 1 atom stereocenters. The molecule has 1 heterocycles. The molecule has 0 saturated carbocycles. The summed E-state index contributed by atoms with van der Waals surface area (Å²) in [7, 11) is 0. The standard InChI is InChI=1S/C13H13ClN2O5/c14-9-3-1-2-8(4-9)11-5-12(16-21-11)19-6-10(17)7-20-13(15)18/h1-5,10,17H,6-7H2,(H2,15,18). The molecule has 2 aromatic rings. The van der Waals surface area contributed by atoms with Gasteiger partial charge >= 0.3 is 6.09 Å². The number of nitrogens with zero attached hydrogens (tertiary/aromatic N) is 1. The Kier molecular flexibility index (Phi) is 5.02. The van der Waals surface area contributed by atoms with E-state index in [0.29, 0.717) is 10.8 Å². The molecular weight excluding hydrogens is 300 g/mol. The number of rotatable bonds is 6. The third kappa shape index (κ3) is 4.66. The van der Waals surface area contributed by atoms with E-state index in [1.807, 2.05) is 6.07 Å². The van der Waals surface area contributed by atoms with Crippen molar-refractivity contribution < 1.29 is 23.9 Å². The van der Waals surface area contributed by atoms with Gasteiger partial charge in [-0.15, -0.1) is 0 Å². The average Bonchev–Trinajstić information content (AvgIpc) is 2.92. The van der Waals surface area contributed by atoms with Gasteiger partial charge in [-0.1, -0.05) is 23.7 Å². The summed E-state index contributed by atoms with van der Waals surface area (Å²) in [4.78, 5) is 10.4. The lowest BCUT2D eigenvalue weighted by Gasteiger charge is -2.09. The average molecular weight is 313 g/mol. The van der Waals surface area contributed by atoms with E-state index in [2.05, 4.69) is 9.89 Å². The van der Waals surface area contributed by atoms with E-state index in [0.717, 1.165) is 5.56 Å². The molecule has 7 nitrogen and oxygen atoms in total. The summed E-state index contributed by atoms with van der Waals surface area (Å²) in [6.45, 7) is -0.372. The summed E-state index contributed by atoms with van der Waals surface area (Å²) in [5.74, 6) is 0.679. The van der Waals surface area contributed by atoms with Crippen molar-refractivity contribution >= 4 is 17.7 Å². The molecule has 0 radical (unpaired) electrons. The number of nitrogens with two attached hydrogens (primary N) is 1. The fourth-order valence-electron chi connectivity index (χ4n) is 1.51. The maximum Gasteiger partial charge on any atom is 0.404 e. The molecule has 0 aliphatic heterocycles. The maximum atomic E-state index is 10.4. The zero-order valence-corrected chi connectivity index (χ0v) is 11.6. The Labute approximate surface area is 125 Å². The molecule has 8 heteroatoms. The topological polar surface area (TPSA) is 108 Å². The molecule has 0 fully saturated rings. The number of aromatic nitrogens is 1. The lowest BCUT2D eigenvalue weighted by atomic mass is 10.2. The van der Waals surface area contributed by atoms with Crippen LogP contribution in [0, 0.1) is 0 Å². The van der Waals surface area contributed by atoms with Crippen LogP contribution in [-0.4, -0.2) is 35.7 Å². The fraction of sp³-hybridized carbons (Fsp3) is 0.231. The summed E-state index contributed by atoms with van der Waals surface area (Å²) >= 11 is 5.89. The van der Waals surface area contributed by atoms with Crippen molar-refractivity contribution in [2.45, 2.75) is 6.10 Å². The molecule has 0 spiro atoms. The van der Waals surface area contributed by atoms with Crippen LogP contribution in [0.5, 0.6) is 5.88 Å². The van der Waals surface area contributed by atoms with Gasteiger partial charge in [0.05, 0.1) is 0 Å². The van der Waals surface area contributed by atoms with Crippen molar-refractivity contribution in [1.82, 2.24) is 5.16 Å². The van der Waals surface area contributed by atoms with Crippen molar-refractivity contribution in [3.63, 3.8) is 0 Å². The Morgan fingerprint density at radius 3 is 2.95 bits per heavy atom. The Balaban J connectivity index is 1.90. The second kappa shape index (κ2) is 6.96. The van der Waals surface area contributed by atoms with Gasteiger partial charge in [-0.3, -0.25) is 0 Å². The van der Waals surface area contributed by atoms with Crippen LogP contribution in [0.25, 0.3) is 11.3 Å². The second-order valence-electron chi connectivity index (χ2n) is 4.13. The molecule has 1 aromatic heterocycles. The minimum absolute atomic E-state index is 0.116. The van der Waals surface area contributed by atoms with E-state index in [1.54, 1.807) is 24.3 Å². The van der Waals surface area contributed by atoms with Crippen molar-refractivity contribution in [1.29, 1.82) is 0 Å². The minimum atomic E-state index is -1.01. The number of hydrogen-bond acceptors (Lipinski definition) is 6. The van der Waals surface area contributed by atoms with Gasteiger partial charge in [-0.05, 0) is 17.3 Å². The van der Waals surface area contributed by atoms with Gasteiger partial charge in [0, 0.05) is 16.7 Å². The van der Waals surface area contributed by atoms with Crippen molar-refractivity contribution in [2.24, 2.45) is 5.73 Å². The first-order valence-corrected chi connectivity index (χ1v) is 6.38. The number of hydrogen-bond donors (Lipinski definition) is 2. The van der Waals surface area contributed by atoms with Gasteiger partial charge in [-0.25, -0.2) is 4.79 Å². The molecule has 0 saturated heterocycles. The summed E-state index contributed by atoms with van der Waals surface area (Å²) in [5, 5.41) is 13.8. The molecule has 1 aromatic carbocycles. The second-order valence-corrected chi connectivity index (χ2v) is 4.57. The predicted octanol–water partition coefficient (Wildman–Crippen LogP) is 1.83. The number of aliphatic hydroxyl groups excluding tert-OH is 1. The van der Waals surface area contributed by atoms with Crippen LogP contribution < -0.4 is 10.5 Å². The normalized spacial score (nSPS) is 11.9. The Morgan fingerprint density at radius 1 is 1.43 bits per heavy atom. The summed E-state index contributed by atoms with van der Waals surface area (Å²) in [5.41, 5.74) is 5.53. The van der Waals surface area contributed by atoms with Crippen LogP contribution >= 0.6 is 11.6 Å². The number of halogens is 1. The highest BCUT2D eigenvalue weighted by Crippen LogP contribution is 2.25. The first-order valence-electron chi connectivity index (χ1n) is 6.00. The van der Waals surface area contributed by atoms with Crippen LogP contribution in [0.3, 0.4) is 0 Å². The predicted molar refractivity (Wildman–Crippen MR) is 74.0 cm³/mol. The van der Waals surface area contributed by atoms with Crippen molar-refractivity contribution in [3.8, 4) is 17.2 Å². The van der Waals surface area contributed by atoms with Gasteiger partial charge in [0.2, 0.25) is 0 Å². The number of ether oxygens (including phenoxy) is 2. The summed E-state index contributed by atoms with van der Waals surface area (Å²) < 4.78 is 14.8. The Hall–Kier alpha value is -2.25. The third-order valence-corrected chi connectivity index (χ3v) is 2.67. The van der Waals surface area contributed by atoms with Crippen LogP contribution in [0.2, 0.25) is 5.02 Å². The van der Waals surface area contributed by atoms with Gasteiger partial charge in [0.15, 0.2) is 5.76 Å². The zero-order chi connectivity index (χ0) is 15.2. The molecule has 1 amide bonds. The van der Waals surface area contributed by atoms with E-state index in [-0.39, 0.29) is 19.1 Å². The molecule has 2 rings (SSSR count). The number of benzene rings is 1. The van der Waals surface area contributed by atoms with E-state index in [1.165, 1.54) is 0 Å². The van der Waals surface area contributed by atoms with Gasteiger partial charge in [0.1, 0.15) is 19.3 Å². The maximum absolute atomic E-state index is 10.4. The first-order chi connectivity index (χ1) is 10.0. The van der Waals surface area contributed by atoms with E-state index in [4.69, 9.17) is 26.6 Å². The van der Waals surface area contributed by atoms with Crippen LogP contribution in [-0.2, 0) is 4.74 Å². The SMILES string of the molecule is NC(=O)OCC(O)COc1cc(-c2cccc(Cl)c2)on1. The number of amides is 1. The Bertz CT molecular complexity index is 616. The minimum Gasteiger partial charge on any atom is -0.473 e. The van der Waals surface area contributed by atoms with E-state index in [9.17, 15) is 9.90 Å². The highest BCUT2D eigenvalue weighted by atomic mass is 35.5. The van der Waals surface area contributed by atoms with Gasteiger partial charge in [0.25, 0.3) is 5.88 Å². The van der Waals surface area contributed by atoms with Crippen LogP contribution in [0.15, 0.2) is 34.9 Å². The number of carbonyl (C=O) groups excluding carboxylic acids is 1. The van der Waals surface area contributed by atoms with Gasteiger partial charge < -0.3 is 24.8 Å². The zero-order valence-electron chi connectivity index (χ0n) is 10.9. The third-order valence-electron chi connectivity index (χ3n) is 2.44. The van der Waals surface area contributed by atoms with Crippen LogP contribution in [0.1, 0.15) is 0 Å². The number of carbonyl (C=O) groups is 1. The smallest absolute Gasteiger partial charge is 0.404 e. The highest BCUT2D eigenvalue weighted by Gasteiger charge is 2.11. The van der Waals surface area contributed by atoms with E-state index >= 15 is 0 Å². The van der Waals surface area contributed by atoms with Crippen molar-refractivity contribution in [2.75, 3.05) is 13.2 Å². The lowest BCUT2D eigenvalue weighted by Crippen LogP contribution is -2.27. The summed E-state index contributed by atoms with van der Waals surface area (Å²) in [6.07, 6.45) is -1.97. The lowest BCUT2D eigenvalue weighted by molar-refractivity contribution is 0.0399. The highest BCUT2D eigenvalue weighted by molar-refractivity contribution is 6.30. The molecule has 0 bridgehead atoms. The first kappa shape index (κ1) is 15.1. The molecule has 3 N–H and O–H groups in total. The molecular formula is C13H13ClN2O5. The fourth-order valence-corrected chi connectivity index (χ4v) is 1.70. The molecule has 0 aliphatic carbocycles. The molecule has 112 valence electrons. The van der Waals surface area contributed by atoms with Crippen molar-refractivity contribution in [3.05, 3.63) is 35.4 Å². The number of aliphatic hydroxyl groups is 1. The molecule has 0 aliphatic rings. The molecule has 1 unspecified atom stereocenters. The number of primary amides is 1. The monoisotopic (exact) mass is 312 g/mol.